The van der Waals surface area contributed by atoms with Crippen LogP contribution in [0.15, 0.2) is 11.6 Å². The Hall–Kier alpha value is -1.04. The van der Waals surface area contributed by atoms with Crippen molar-refractivity contribution in [2.75, 3.05) is 5.32 Å². The van der Waals surface area contributed by atoms with Crippen LogP contribution in [0.25, 0.3) is 0 Å². The number of carbonyl (C=O) groups excluding carboxylic acids is 1. The van der Waals surface area contributed by atoms with Crippen molar-refractivity contribution in [3.05, 3.63) is 11.6 Å². The molecule has 1 aliphatic carbocycles. The van der Waals surface area contributed by atoms with Gasteiger partial charge in [0, 0.05) is 30.3 Å². The van der Waals surface area contributed by atoms with Crippen molar-refractivity contribution in [2.24, 2.45) is 5.92 Å². The van der Waals surface area contributed by atoms with Crippen molar-refractivity contribution in [1.29, 1.82) is 0 Å². The van der Waals surface area contributed by atoms with Crippen molar-refractivity contribution >= 4 is 22.4 Å². The van der Waals surface area contributed by atoms with Gasteiger partial charge in [0.05, 0.1) is 0 Å². The van der Waals surface area contributed by atoms with Gasteiger partial charge >= 0.3 is 0 Å². The summed E-state index contributed by atoms with van der Waals surface area (Å²) in [5.41, 5.74) is 0. The zero-order valence-electron chi connectivity index (χ0n) is 8.58. The molecule has 1 aliphatic rings. The maximum Gasteiger partial charge on any atom is 0.248 e. The summed E-state index contributed by atoms with van der Waals surface area (Å²) in [6.07, 6.45) is 1.72. The summed E-state index contributed by atoms with van der Waals surface area (Å²) >= 11 is 1.32. The highest BCUT2D eigenvalue weighted by Gasteiger charge is 2.37. The molecule has 3 nitrogen and oxygen atoms in total. The minimum atomic E-state index is -2.59. The van der Waals surface area contributed by atoms with Gasteiger partial charge in [-0.05, 0) is 12.8 Å². The number of nitrogens with zero attached hydrogens (tertiary/aromatic N) is 1. The van der Waals surface area contributed by atoms with Crippen LogP contribution in [0.3, 0.4) is 0 Å². The van der Waals surface area contributed by atoms with E-state index in [2.05, 4.69) is 10.3 Å². The number of nitrogens with one attached hydrogen (secondary N) is 1. The molecule has 6 heteroatoms. The Balaban J connectivity index is 1.87. The minimum absolute atomic E-state index is 0.189. The van der Waals surface area contributed by atoms with Gasteiger partial charge in [0.2, 0.25) is 11.8 Å². The number of hydrogen-bond acceptors (Lipinski definition) is 3. The van der Waals surface area contributed by atoms with Crippen LogP contribution in [0.2, 0.25) is 0 Å². The van der Waals surface area contributed by atoms with Crippen LogP contribution in [0.1, 0.15) is 25.7 Å². The van der Waals surface area contributed by atoms with E-state index in [1.807, 2.05) is 0 Å². The summed E-state index contributed by atoms with van der Waals surface area (Å²) in [5.74, 6) is -3.08. The lowest BCUT2D eigenvalue weighted by atomic mass is 9.86. The van der Waals surface area contributed by atoms with E-state index in [1.54, 1.807) is 11.6 Å². The maximum absolute atomic E-state index is 12.9. The fourth-order valence-electron chi connectivity index (χ4n) is 1.79. The van der Waals surface area contributed by atoms with Gasteiger partial charge in [-0.15, -0.1) is 11.3 Å². The second-order valence-corrected chi connectivity index (χ2v) is 4.85. The Kier molecular flexibility index (Phi) is 3.18. The fraction of sp³-hybridized carbons (Fsp3) is 0.600. The molecule has 0 aromatic carbocycles. The van der Waals surface area contributed by atoms with Gasteiger partial charge in [-0.2, -0.15) is 0 Å². The first kappa shape index (κ1) is 11.4. The van der Waals surface area contributed by atoms with Crippen LogP contribution >= 0.6 is 11.3 Å². The topological polar surface area (TPSA) is 42.0 Å². The second-order valence-electron chi connectivity index (χ2n) is 3.96. The molecule has 1 N–H and O–H groups in total. The first-order chi connectivity index (χ1) is 7.57. The first-order valence-corrected chi connectivity index (χ1v) is 6.03. The third kappa shape index (κ3) is 2.75. The number of rotatable bonds is 2. The summed E-state index contributed by atoms with van der Waals surface area (Å²) in [7, 11) is 0. The van der Waals surface area contributed by atoms with E-state index in [9.17, 15) is 13.6 Å². The molecule has 1 aromatic heterocycles. The Morgan fingerprint density at radius 2 is 2.19 bits per heavy atom. The normalized spacial score (nSPS) is 20.6. The van der Waals surface area contributed by atoms with Gasteiger partial charge < -0.3 is 5.32 Å². The fourth-order valence-corrected chi connectivity index (χ4v) is 2.33. The van der Waals surface area contributed by atoms with Gasteiger partial charge in [0.15, 0.2) is 5.13 Å². The zero-order valence-corrected chi connectivity index (χ0v) is 9.40. The molecule has 1 saturated carbocycles. The molecule has 0 aliphatic heterocycles. The number of thiazole rings is 1. The SMILES string of the molecule is O=C(Nc1nccs1)C1CCC(F)(F)CC1. The summed E-state index contributed by atoms with van der Waals surface area (Å²) in [6, 6.07) is 0. The number of hydrogen-bond donors (Lipinski definition) is 1. The summed E-state index contributed by atoms with van der Waals surface area (Å²) < 4.78 is 25.8. The van der Waals surface area contributed by atoms with Crippen LogP contribution in [0.5, 0.6) is 0 Å². The standard InChI is InChI=1S/C10H12F2N2OS/c11-10(12)3-1-7(2-4-10)8(15)14-9-13-5-6-16-9/h5-7H,1-4H2,(H,13,14,15). The van der Waals surface area contributed by atoms with E-state index in [0.29, 0.717) is 5.13 Å². The number of anilines is 1. The largest absolute Gasteiger partial charge is 0.302 e. The molecule has 0 radical (unpaired) electrons. The predicted octanol–water partition coefficient (Wildman–Crippen LogP) is 2.91. The van der Waals surface area contributed by atoms with E-state index in [0.717, 1.165) is 0 Å². The molecule has 88 valence electrons. The number of alkyl halides is 2. The van der Waals surface area contributed by atoms with Crippen LogP contribution < -0.4 is 5.32 Å². The quantitative estimate of drug-likeness (QED) is 0.871. The van der Waals surface area contributed by atoms with Gasteiger partial charge in [0.1, 0.15) is 0 Å². The molecule has 1 fully saturated rings. The number of amides is 1. The van der Waals surface area contributed by atoms with Crippen LogP contribution in [0, 0.1) is 5.92 Å². The Labute approximate surface area is 95.9 Å². The zero-order chi connectivity index (χ0) is 11.6. The third-order valence-corrected chi connectivity index (χ3v) is 3.44. The summed E-state index contributed by atoms with van der Waals surface area (Å²) in [5, 5.41) is 4.93. The van der Waals surface area contributed by atoms with Crippen molar-refractivity contribution in [3.8, 4) is 0 Å². The highest BCUT2D eigenvalue weighted by atomic mass is 32.1. The smallest absolute Gasteiger partial charge is 0.248 e. The van der Waals surface area contributed by atoms with Crippen molar-refractivity contribution in [3.63, 3.8) is 0 Å². The predicted molar refractivity (Wildman–Crippen MR) is 57.6 cm³/mol. The maximum atomic E-state index is 12.9. The van der Waals surface area contributed by atoms with Crippen molar-refractivity contribution < 1.29 is 13.6 Å². The highest BCUT2D eigenvalue weighted by molar-refractivity contribution is 7.13. The molecular formula is C10H12F2N2OS. The van der Waals surface area contributed by atoms with E-state index in [1.165, 1.54) is 11.3 Å². The molecule has 0 saturated heterocycles. The van der Waals surface area contributed by atoms with Crippen molar-refractivity contribution in [1.82, 2.24) is 4.98 Å². The molecule has 0 bridgehead atoms. The van der Waals surface area contributed by atoms with E-state index >= 15 is 0 Å². The van der Waals surface area contributed by atoms with E-state index in [-0.39, 0.29) is 37.5 Å². The van der Waals surface area contributed by atoms with Gasteiger partial charge in [-0.1, -0.05) is 0 Å². The first-order valence-electron chi connectivity index (χ1n) is 5.15. The van der Waals surface area contributed by atoms with E-state index < -0.39 is 5.92 Å². The summed E-state index contributed by atoms with van der Waals surface area (Å²) in [4.78, 5) is 15.6. The monoisotopic (exact) mass is 246 g/mol. The number of carbonyl (C=O) groups is 1. The van der Waals surface area contributed by atoms with Gasteiger partial charge in [-0.25, -0.2) is 13.8 Å². The molecule has 1 heterocycles. The Morgan fingerprint density at radius 3 is 2.75 bits per heavy atom. The Morgan fingerprint density at radius 1 is 1.50 bits per heavy atom. The van der Waals surface area contributed by atoms with Gasteiger partial charge in [-0.3, -0.25) is 4.79 Å². The lowest BCUT2D eigenvalue weighted by Gasteiger charge is -2.26. The molecular weight excluding hydrogens is 234 g/mol. The highest BCUT2D eigenvalue weighted by Crippen LogP contribution is 2.36. The molecule has 1 amide bonds. The molecule has 1 aromatic rings. The Bertz CT molecular complexity index is 357. The number of aromatic nitrogens is 1. The van der Waals surface area contributed by atoms with Crippen molar-refractivity contribution in [2.45, 2.75) is 31.6 Å². The average molecular weight is 246 g/mol. The average Bonchev–Trinajstić information content (AvgIpc) is 2.70. The summed E-state index contributed by atoms with van der Waals surface area (Å²) in [6.45, 7) is 0. The lowest BCUT2D eigenvalue weighted by Crippen LogP contribution is -2.31. The lowest BCUT2D eigenvalue weighted by molar-refractivity contribution is -0.124. The van der Waals surface area contributed by atoms with Gasteiger partial charge in [0.25, 0.3) is 0 Å². The molecule has 0 spiro atoms. The molecule has 0 atom stereocenters. The number of halogens is 2. The minimum Gasteiger partial charge on any atom is -0.302 e. The molecule has 2 rings (SSSR count). The van der Waals surface area contributed by atoms with Crippen LogP contribution in [0.4, 0.5) is 13.9 Å². The van der Waals surface area contributed by atoms with E-state index in [4.69, 9.17) is 0 Å². The second kappa shape index (κ2) is 4.45. The van der Waals surface area contributed by atoms with Crippen LogP contribution in [-0.2, 0) is 4.79 Å². The third-order valence-electron chi connectivity index (χ3n) is 2.75. The molecule has 0 unspecified atom stereocenters. The molecule has 16 heavy (non-hydrogen) atoms. The van der Waals surface area contributed by atoms with Crippen LogP contribution in [-0.4, -0.2) is 16.8 Å².